The molecule has 3 aromatic carbocycles. The van der Waals surface area contributed by atoms with Gasteiger partial charge >= 0.3 is 12.1 Å². The van der Waals surface area contributed by atoms with Crippen LogP contribution in [0.3, 0.4) is 0 Å². The minimum absolute atomic E-state index is 0.0767. The van der Waals surface area contributed by atoms with Crippen molar-refractivity contribution in [3.05, 3.63) is 89.5 Å². The lowest BCUT2D eigenvalue weighted by Gasteiger charge is -2.32. The Morgan fingerprint density at radius 1 is 0.943 bits per heavy atom. The Kier molecular flexibility index (Phi) is 6.60. The van der Waals surface area contributed by atoms with Gasteiger partial charge in [0, 0.05) is 18.7 Å². The number of likely N-dealkylation sites (N-methyl/N-ethyl adjacent to an activating group) is 1. The van der Waals surface area contributed by atoms with Crippen molar-refractivity contribution in [1.82, 2.24) is 5.32 Å². The molecule has 1 aliphatic carbocycles. The van der Waals surface area contributed by atoms with Gasteiger partial charge in [0.05, 0.1) is 5.56 Å². The van der Waals surface area contributed by atoms with Crippen molar-refractivity contribution in [2.24, 2.45) is 0 Å². The molecular weight excluding hydrogens is 444 g/mol. The molecule has 0 saturated heterocycles. The van der Waals surface area contributed by atoms with Gasteiger partial charge in [0.1, 0.15) is 12.1 Å². The Hall–Kier alpha value is -4.13. The number of ether oxygens (including phenoxy) is 1. The zero-order valence-electron chi connectivity index (χ0n) is 19.9. The smallest absolute Gasteiger partial charge is 0.408 e. The molecule has 1 aliphatic rings. The first-order chi connectivity index (χ1) is 16.7. The monoisotopic (exact) mass is 472 g/mol. The van der Waals surface area contributed by atoms with E-state index in [9.17, 15) is 14.4 Å². The summed E-state index contributed by atoms with van der Waals surface area (Å²) in [6.07, 6.45) is -0.327. The first-order valence-corrected chi connectivity index (χ1v) is 11.5. The number of nitrogens with one attached hydrogen (secondary N) is 1. The number of hydrogen-bond donors (Lipinski definition) is 2. The average Bonchev–Trinajstić information content (AvgIpc) is 3.20. The minimum atomic E-state index is -1.21. The lowest BCUT2D eigenvalue weighted by atomic mass is 9.96. The number of carbonyl (C=O) groups is 3. The summed E-state index contributed by atoms with van der Waals surface area (Å²) in [5.41, 5.74) is 3.95. The number of anilines is 1. The quantitative estimate of drug-likeness (QED) is 0.501. The Morgan fingerprint density at radius 2 is 1.49 bits per heavy atom. The molecule has 35 heavy (non-hydrogen) atoms. The van der Waals surface area contributed by atoms with E-state index in [1.165, 1.54) is 17.0 Å². The van der Waals surface area contributed by atoms with Gasteiger partial charge < -0.3 is 20.1 Å². The summed E-state index contributed by atoms with van der Waals surface area (Å²) in [6, 6.07) is 22.2. The van der Waals surface area contributed by atoms with Gasteiger partial charge in [-0.05, 0) is 59.9 Å². The number of amides is 2. The van der Waals surface area contributed by atoms with Gasteiger partial charge in [0.2, 0.25) is 0 Å². The molecule has 2 amide bonds. The lowest BCUT2D eigenvalue weighted by molar-refractivity contribution is -0.124. The molecule has 180 valence electrons. The Morgan fingerprint density at radius 3 is 2.00 bits per heavy atom. The third kappa shape index (κ3) is 4.62. The fraction of sp³-hybridized carbons (Fsp3) is 0.250. The zero-order chi connectivity index (χ0) is 25.2. The third-order valence-electron chi connectivity index (χ3n) is 6.71. The fourth-order valence-corrected chi connectivity index (χ4v) is 4.47. The number of fused-ring (bicyclic) bond motifs is 3. The van der Waals surface area contributed by atoms with Crippen LogP contribution in [0, 0.1) is 0 Å². The van der Waals surface area contributed by atoms with E-state index in [1.54, 1.807) is 26.1 Å². The number of nitrogens with zero attached hydrogens (tertiary/aromatic N) is 1. The van der Waals surface area contributed by atoms with E-state index in [2.05, 4.69) is 17.4 Å². The van der Waals surface area contributed by atoms with Crippen LogP contribution in [0.1, 0.15) is 47.7 Å². The molecule has 0 bridgehead atoms. The number of hydrogen-bond acceptors (Lipinski definition) is 4. The number of rotatable bonds is 7. The summed E-state index contributed by atoms with van der Waals surface area (Å²) in [6.45, 7) is 3.61. The topological polar surface area (TPSA) is 95.9 Å². The van der Waals surface area contributed by atoms with Crippen LogP contribution < -0.4 is 10.2 Å². The Balaban J connectivity index is 1.44. The second kappa shape index (κ2) is 9.62. The lowest BCUT2D eigenvalue weighted by Crippen LogP contribution is -2.57. The summed E-state index contributed by atoms with van der Waals surface area (Å²) in [5, 5.41) is 11.8. The van der Waals surface area contributed by atoms with Crippen LogP contribution in [0.25, 0.3) is 11.1 Å². The number of alkyl carbamates (subject to hydrolysis) is 1. The van der Waals surface area contributed by atoms with Gasteiger partial charge in [0.15, 0.2) is 0 Å². The van der Waals surface area contributed by atoms with Crippen LogP contribution in [0.2, 0.25) is 0 Å². The molecule has 1 unspecified atom stereocenters. The minimum Gasteiger partial charge on any atom is -0.478 e. The van der Waals surface area contributed by atoms with E-state index < -0.39 is 17.6 Å². The fourth-order valence-electron chi connectivity index (χ4n) is 4.47. The van der Waals surface area contributed by atoms with E-state index in [0.29, 0.717) is 12.1 Å². The molecule has 1 atom stereocenters. The largest absolute Gasteiger partial charge is 0.478 e. The zero-order valence-corrected chi connectivity index (χ0v) is 19.9. The second-order valence-electron chi connectivity index (χ2n) is 8.85. The first-order valence-electron chi connectivity index (χ1n) is 11.5. The van der Waals surface area contributed by atoms with Gasteiger partial charge in [-0.15, -0.1) is 0 Å². The average molecular weight is 473 g/mol. The molecule has 0 aromatic heterocycles. The summed E-state index contributed by atoms with van der Waals surface area (Å²) in [4.78, 5) is 38.6. The van der Waals surface area contributed by atoms with E-state index >= 15 is 0 Å². The highest BCUT2D eigenvalue weighted by atomic mass is 16.5. The standard InChI is InChI=1S/C28H28N2O5/c1-4-28(2,26(33)30(3)19-15-13-18(14-16-19)25(31)32)29-27(34)35-17-24-22-11-7-5-9-20(22)21-10-6-8-12-23(21)24/h5-16,24H,4,17H2,1-3H3,(H,29,34)(H,31,32). The highest BCUT2D eigenvalue weighted by molar-refractivity contribution is 6.01. The molecule has 0 radical (unpaired) electrons. The van der Waals surface area contributed by atoms with E-state index in [4.69, 9.17) is 9.84 Å². The van der Waals surface area contributed by atoms with Crippen LogP contribution in [0.15, 0.2) is 72.8 Å². The highest BCUT2D eigenvalue weighted by Crippen LogP contribution is 2.44. The first kappa shape index (κ1) is 24.0. The molecule has 3 aromatic rings. The Bertz CT molecular complexity index is 1220. The van der Waals surface area contributed by atoms with Crippen molar-refractivity contribution in [3.63, 3.8) is 0 Å². The molecule has 0 fully saturated rings. The predicted molar refractivity (Wildman–Crippen MR) is 134 cm³/mol. The van der Waals surface area contributed by atoms with Crippen LogP contribution in [0.5, 0.6) is 0 Å². The van der Waals surface area contributed by atoms with Crippen molar-refractivity contribution in [2.75, 3.05) is 18.6 Å². The maximum Gasteiger partial charge on any atom is 0.408 e. The number of benzene rings is 3. The highest BCUT2D eigenvalue weighted by Gasteiger charge is 2.37. The SMILES string of the molecule is CCC(C)(NC(=O)OCC1c2ccccc2-c2ccccc21)C(=O)N(C)c1ccc(C(=O)O)cc1. The van der Waals surface area contributed by atoms with Crippen molar-refractivity contribution in [1.29, 1.82) is 0 Å². The molecule has 0 spiro atoms. The van der Waals surface area contributed by atoms with Crippen LogP contribution in [-0.2, 0) is 9.53 Å². The number of aromatic carboxylic acids is 1. The van der Waals surface area contributed by atoms with E-state index in [0.717, 1.165) is 22.3 Å². The van der Waals surface area contributed by atoms with Crippen molar-refractivity contribution >= 4 is 23.7 Å². The second-order valence-corrected chi connectivity index (χ2v) is 8.85. The summed E-state index contributed by atoms with van der Waals surface area (Å²) in [7, 11) is 1.59. The summed E-state index contributed by atoms with van der Waals surface area (Å²) in [5.74, 6) is -1.45. The molecular formula is C28H28N2O5. The Labute approximate surface area is 204 Å². The van der Waals surface area contributed by atoms with E-state index in [-0.39, 0.29) is 24.0 Å². The molecule has 0 heterocycles. The number of carboxylic acid groups (broad SMARTS) is 1. The van der Waals surface area contributed by atoms with Crippen molar-refractivity contribution in [2.45, 2.75) is 31.7 Å². The molecule has 2 N–H and O–H groups in total. The van der Waals surface area contributed by atoms with Gasteiger partial charge in [-0.1, -0.05) is 55.5 Å². The number of carbonyl (C=O) groups excluding carboxylic acids is 2. The molecule has 4 rings (SSSR count). The molecule has 0 aliphatic heterocycles. The van der Waals surface area contributed by atoms with Crippen molar-refractivity contribution < 1.29 is 24.2 Å². The molecule has 7 heteroatoms. The van der Waals surface area contributed by atoms with Gasteiger partial charge in [-0.3, -0.25) is 4.79 Å². The maximum absolute atomic E-state index is 13.3. The van der Waals surface area contributed by atoms with Crippen LogP contribution >= 0.6 is 0 Å². The summed E-state index contributed by atoms with van der Waals surface area (Å²) >= 11 is 0. The third-order valence-corrected chi connectivity index (χ3v) is 6.71. The number of carboxylic acids is 1. The predicted octanol–water partition coefficient (Wildman–Crippen LogP) is 5.06. The van der Waals surface area contributed by atoms with Crippen LogP contribution in [0.4, 0.5) is 10.5 Å². The summed E-state index contributed by atoms with van der Waals surface area (Å²) < 4.78 is 5.63. The van der Waals surface area contributed by atoms with Gasteiger partial charge in [0.25, 0.3) is 5.91 Å². The van der Waals surface area contributed by atoms with Gasteiger partial charge in [-0.2, -0.15) is 0 Å². The van der Waals surface area contributed by atoms with Crippen molar-refractivity contribution in [3.8, 4) is 11.1 Å². The molecule has 7 nitrogen and oxygen atoms in total. The van der Waals surface area contributed by atoms with E-state index in [1.807, 2.05) is 43.3 Å². The normalized spacial score (nSPS) is 13.8. The van der Waals surface area contributed by atoms with Gasteiger partial charge in [-0.25, -0.2) is 9.59 Å². The van der Waals surface area contributed by atoms with Crippen LogP contribution in [-0.4, -0.2) is 42.3 Å². The molecule has 0 saturated carbocycles. The maximum atomic E-state index is 13.3.